The zero-order valence-electron chi connectivity index (χ0n) is 11.5. The number of hydrogen-bond donors (Lipinski definition) is 2. The quantitative estimate of drug-likeness (QED) is 0.681. The summed E-state index contributed by atoms with van der Waals surface area (Å²) in [5.41, 5.74) is 5.89. The smallest absolute Gasteiger partial charge is 0.127 e. The average Bonchev–Trinajstić information content (AvgIpc) is 2.50. The number of anilines is 1. The lowest BCUT2D eigenvalue weighted by molar-refractivity contribution is 0.475. The molecule has 21 heavy (non-hydrogen) atoms. The van der Waals surface area contributed by atoms with Gasteiger partial charge in [0.15, 0.2) is 0 Å². The standard InChI is InChI=1S/C12H10O.C6H7NO/c1-3-7-11(8-4-1)13-12-9-5-2-6-10-12;7-5-2-1-3-6(8)4-5/h1-10H;1-4,8H,7H2. The molecule has 0 heterocycles. The van der Waals surface area contributed by atoms with Crippen molar-refractivity contribution in [3.8, 4) is 17.2 Å². The zero-order chi connectivity index (χ0) is 14.9. The highest BCUT2D eigenvalue weighted by Crippen LogP contribution is 2.19. The molecule has 3 rings (SSSR count). The first-order valence-electron chi connectivity index (χ1n) is 6.56. The third-order valence-electron chi connectivity index (χ3n) is 2.59. The Kier molecular flexibility index (Phi) is 5.24. The Hall–Kier alpha value is -2.94. The van der Waals surface area contributed by atoms with Crippen LogP contribution < -0.4 is 10.5 Å². The maximum Gasteiger partial charge on any atom is 0.127 e. The van der Waals surface area contributed by atoms with Crippen molar-refractivity contribution >= 4 is 5.69 Å². The highest BCUT2D eigenvalue weighted by atomic mass is 16.5. The molecule has 0 bridgehead atoms. The minimum absolute atomic E-state index is 0.213. The van der Waals surface area contributed by atoms with E-state index in [9.17, 15) is 0 Å². The molecule has 0 radical (unpaired) electrons. The summed E-state index contributed by atoms with van der Waals surface area (Å²) in [7, 11) is 0. The fourth-order valence-corrected chi connectivity index (χ4v) is 1.64. The molecule has 3 aromatic rings. The van der Waals surface area contributed by atoms with Gasteiger partial charge in [0.05, 0.1) is 0 Å². The van der Waals surface area contributed by atoms with Crippen LogP contribution in [0.5, 0.6) is 17.2 Å². The Morgan fingerprint density at radius 3 is 1.57 bits per heavy atom. The summed E-state index contributed by atoms with van der Waals surface area (Å²) in [5.74, 6) is 1.95. The average molecular weight is 279 g/mol. The van der Waals surface area contributed by atoms with E-state index < -0.39 is 0 Å². The molecule has 106 valence electrons. The van der Waals surface area contributed by atoms with Gasteiger partial charge in [0.25, 0.3) is 0 Å². The largest absolute Gasteiger partial charge is 0.508 e. The van der Waals surface area contributed by atoms with E-state index in [1.807, 2.05) is 60.7 Å². The predicted molar refractivity (Wildman–Crippen MR) is 85.5 cm³/mol. The molecule has 3 nitrogen and oxygen atoms in total. The summed E-state index contributed by atoms with van der Waals surface area (Å²) in [6.07, 6.45) is 0. The van der Waals surface area contributed by atoms with Crippen LogP contribution in [0.4, 0.5) is 5.69 Å². The van der Waals surface area contributed by atoms with Gasteiger partial charge in [-0.05, 0) is 36.4 Å². The Balaban J connectivity index is 0.000000173. The van der Waals surface area contributed by atoms with E-state index in [0.29, 0.717) is 5.69 Å². The van der Waals surface area contributed by atoms with Gasteiger partial charge in [-0.3, -0.25) is 0 Å². The number of hydrogen-bond acceptors (Lipinski definition) is 3. The molecule has 0 aromatic heterocycles. The number of rotatable bonds is 2. The number of nitrogen functional groups attached to an aromatic ring is 1. The number of para-hydroxylation sites is 2. The number of phenolic OH excluding ortho intramolecular Hbond substituents is 1. The lowest BCUT2D eigenvalue weighted by Crippen LogP contribution is -1.81. The Bertz CT molecular complexity index is 600. The van der Waals surface area contributed by atoms with Gasteiger partial charge in [-0.25, -0.2) is 0 Å². The van der Waals surface area contributed by atoms with Crippen LogP contribution in [0, 0.1) is 0 Å². The summed E-state index contributed by atoms with van der Waals surface area (Å²) in [6, 6.07) is 26.0. The van der Waals surface area contributed by atoms with Gasteiger partial charge in [0.1, 0.15) is 17.2 Å². The molecule has 0 saturated carbocycles. The van der Waals surface area contributed by atoms with Gasteiger partial charge >= 0.3 is 0 Å². The monoisotopic (exact) mass is 279 g/mol. The molecular formula is C18H17NO2. The van der Waals surface area contributed by atoms with Crippen LogP contribution >= 0.6 is 0 Å². The molecular weight excluding hydrogens is 262 g/mol. The zero-order valence-corrected chi connectivity index (χ0v) is 11.5. The second-order valence-corrected chi connectivity index (χ2v) is 4.32. The van der Waals surface area contributed by atoms with Crippen molar-refractivity contribution in [3.63, 3.8) is 0 Å². The minimum Gasteiger partial charge on any atom is -0.508 e. The third kappa shape index (κ3) is 5.28. The van der Waals surface area contributed by atoms with Crippen molar-refractivity contribution in [2.45, 2.75) is 0 Å². The summed E-state index contributed by atoms with van der Waals surface area (Å²) < 4.78 is 5.58. The normalized spacial score (nSPS) is 9.33. The molecule has 3 N–H and O–H groups in total. The van der Waals surface area contributed by atoms with E-state index in [1.165, 1.54) is 6.07 Å². The number of benzene rings is 3. The number of aromatic hydroxyl groups is 1. The van der Waals surface area contributed by atoms with Crippen molar-refractivity contribution in [1.82, 2.24) is 0 Å². The van der Waals surface area contributed by atoms with Crippen molar-refractivity contribution < 1.29 is 9.84 Å². The molecule has 0 aliphatic carbocycles. The molecule has 3 aromatic carbocycles. The van der Waals surface area contributed by atoms with Gasteiger partial charge < -0.3 is 15.6 Å². The summed E-state index contributed by atoms with van der Waals surface area (Å²) in [5, 5.41) is 8.73. The number of nitrogens with two attached hydrogens (primary N) is 1. The fourth-order valence-electron chi connectivity index (χ4n) is 1.64. The van der Waals surface area contributed by atoms with Crippen LogP contribution in [0.25, 0.3) is 0 Å². The Labute approximate surface area is 124 Å². The summed E-state index contributed by atoms with van der Waals surface area (Å²) in [4.78, 5) is 0. The topological polar surface area (TPSA) is 55.5 Å². The van der Waals surface area contributed by atoms with Crippen LogP contribution in [0.3, 0.4) is 0 Å². The highest BCUT2D eigenvalue weighted by molar-refractivity contribution is 5.42. The van der Waals surface area contributed by atoms with E-state index in [2.05, 4.69) is 0 Å². The molecule has 3 heteroatoms. The number of ether oxygens (including phenoxy) is 1. The molecule has 0 saturated heterocycles. The van der Waals surface area contributed by atoms with Gasteiger partial charge in [0.2, 0.25) is 0 Å². The van der Waals surface area contributed by atoms with E-state index >= 15 is 0 Å². The molecule has 0 spiro atoms. The lowest BCUT2D eigenvalue weighted by atomic mass is 10.3. The lowest BCUT2D eigenvalue weighted by Gasteiger charge is -2.03. The van der Waals surface area contributed by atoms with Gasteiger partial charge in [-0.15, -0.1) is 0 Å². The SMILES string of the molecule is Nc1cccc(O)c1.c1ccc(Oc2ccccc2)cc1. The third-order valence-corrected chi connectivity index (χ3v) is 2.59. The van der Waals surface area contributed by atoms with Gasteiger partial charge in [0, 0.05) is 11.8 Å². The molecule has 0 atom stereocenters. The fraction of sp³-hybridized carbons (Fsp3) is 0. The molecule has 0 fully saturated rings. The Morgan fingerprint density at radius 1 is 0.667 bits per heavy atom. The van der Waals surface area contributed by atoms with Crippen LogP contribution in [0.15, 0.2) is 84.9 Å². The maximum atomic E-state index is 8.73. The van der Waals surface area contributed by atoms with E-state index in [-0.39, 0.29) is 5.75 Å². The highest BCUT2D eigenvalue weighted by Gasteiger charge is 1.92. The van der Waals surface area contributed by atoms with Crippen molar-refractivity contribution in [3.05, 3.63) is 84.9 Å². The van der Waals surface area contributed by atoms with Crippen LogP contribution in [-0.2, 0) is 0 Å². The van der Waals surface area contributed by atoms with Crippen LogP contribution in [-0.4, -0.2) is 5.11 Å². The first kappa shape index (κ1) is 14.5. The molecule has 0 aliphatic heterocycles. The van der Waals surface area contributed by atoms with Crippen LogP contribution in [0.1, 0.15) is 0 Å². The van der Waals surface area contributed by atoms with E-state index in [1.54, 1.807) is 18.2 Å². The first-order valence-corrected chi connectivity index (χ1v) is 6.56. The molecule has 0 unspecified atom stereocenters. The first-order chi connectivity index (χ1) is 10.2. The predicted octanol–water partition coefficient (Wildman–Crippen LogP) is 4.45. The van der Waals surface area contributed by atoms with Crippen molar-refractivity contribution in [2.75, 3.05) is 5.73 Å². The van der Waals surface area contributed by atoms with Gasteiger partial charge in [-0.1, -0.05) is 42.5 Å². The van der Waals surface area contributed by atoms with Gasteiger partial charge in [-0.2, -0.15) is 0 Å². The number of phenols is 1. The molecule has 0 aliphatic rings. The minimum atomic E-state index is 0.213. The Morgan fingerprint density at radius 2 is 1.19 bits per heavy atom. The maximum absolute atomic E-state index is 8.73. The summed E-state index contributed by atoms with van der Waals surface area (Å²) >= 11 is 0. The van der Waals surface area contributed by atoms with Crippen molar-refractivity contribution in [1.29, 1.82) is 0 Å². The second kappa shape index (κ2) is 7.60. The molecule has 0 amide bonds. The summed E-state index contributed by atoms with van der Waals surface area (Å²) in [6.45, 7) is 0. The van der Waals surface area contributed by atoms with Crippen LogP contribution in [0.2, 0.25) is 0 Å². The van der Waals surface area contributed by atoms with Crippen molar-refractivity contribution in [2.24, 2.45) is 0 Å². The van der Waals surface area contributed by atoms with E-state index in [0.717, 1.165) is 11.5 Å². The van der Waals surface area contributed by atoms with E-state index in [4.69, 9.17) is 15.6 Å². The second-order valence-electron chi connectivity index (χ2n) is 4.32.